The second-order valence-electron chi connectivity index (χ2n) is 3.88. The maximum atomic E-state index is 11.3. The zero-order chi connectivity index (χ0) is 12.0. The number of amides is 1. The molecule has 0 atom stereocenters. The molecule has 3 nitrogen and oxygen atoms in total. The largest absolute Gasteiger partial charge is 0.383 e. The van der Waals surface area contributed by atoms with Crippen LogP contribution in [0.15, 0.2) is 24.3 Å². The highest BCUT2D eigenvalue weighted by Crippen LogP contribution is 2.19. The Morgan fingerprint density at radius 1 is 1.38 bits per heavy atom. The summed E-state index contributed by atoms with van der Waals surface area (Å²) in [5, 5.41) is 6.63. The van der Waals surface area contributed by atoms with Gasteiger partial charge in [0.15, 0.2) is 0 Å². The van der Waals surface area contributed by atoms with E-state index in [9.17, 15) is 4.79 Å². The summed E-state index contributed by atoms with van der Waals surface area (Å²) in [6, 6.07) is 7.68. The highest BCUT2D eigenvalue weighted by atomic mass is 35.5. The van der Waals surface area contributed by atoms with Crippen LogP contribution in [0.1, 0.15) is 20.3 Å². The Bertz CT molecular complexity index is 353. The van der Waals surface area contributed by atoms with Crippen molar-refractivity contribution in [2.24, 2.45) is 0 Å². The summed E-state index contributed by atoms with van der Waals surface area (Å²) in [5.41, 5.74) is 0.863. The van der Waals surface area contributed by atoms with Crippen molar-refractivity contribution in [1.82, 2.24) is 5.32 Å². The Labute approximate surface area is 101 Å². The lowest BCUT2D eigenvalue weighted by Gasteiger charge is -2.10. The van der Waals surface area contributed by atoms with Crippen LogP contribution in [0.3, 0.4) is 0 Å². The van der Waals surface area contributed by atoms with Crippen LogP contribution in [0, 0.1) is 0 Å². The number of halogens is 1. The van der Waals surface area contributed by atoms with Gasteiger partial charge in [-0.3, -0.25) is 4.79 Å². The van der Waals surface area contributed by atoms with E-state index < -0.39 is 0 Å². The number of hydrogen-bond donors (Lipinski definition) is 2. The average Bonchev–Trinajstić information content (AvgIpc) is 2.19. The van der Waals surface area contributed by atoms with E-state index in [4.69, 9.17) is 11.6 Å². The van der Waals surface area contributed by atoms with Gasteiger partial charge in [0, 0.05) is 19.0 Å². The number of carbonyl (C=O) groups excluding carboxylic acids is 1. The third kappa shape index (κ3) is 4.53. The molecule has 0 aliphatic rings. The van der Waals surface area contributed by atoms with Gasteiger partial charge in [-0.15, -0.1) is 0 Å². The first-order valence-corrected chi connectivity index (χ1v) is 5.75. The second kappa shape index (κ2) is 6.38. The van der Waals surface area contributed by atoms with Crippen molar-refractivity contribution in [3.63, 3.8) is 0 Å². The van der Waals surface area contributed by atoms with E-state index in [0.717, 1.165) is 5.69 Å². The SMILES string of the molecule is CC(C)NC(=O)CCNc1ccccc1Cl. The number of carbonyl (C=O) groups is 1. The summed E-state index contributed by atoms with van der Waals surface area (Å²) in [6.45, 7) is 4.47. The Morgan fingerprint density at radius 3 is 2.69 bits per heavy atom. The number of rotatable bonds is 5. The third-order valence-electron chi connectivity index (χ3n) is 1.99. The normalized spacial score (nSPS) is 10.2. The fourth-order valence-corrected chi connectivity index (χ4v) is 1.51. The molecule has 16 heavy (non-hydrogen) atoms. The lowest BCUT2D eigenvalue weighted by molar-refractivity contribution is -0.121. The first-order chi connectivity index (χ1) is 7.59. The van der Waals surface area contributed by atoms with Gasteiger partial charge < -0.3 is 10.6 Å². The molecule has 0 aliphatic carbocycles. The number of anilines is 1. The highest BCUT2D eigenvalue weighted by molar-refractivity contribution is 6.33. The molecular weight excluding hydrogens is 224 g/mol. The number of para-hydroxylation sites is 1. The predicted octanol–water partition coefficient (Wildman–Crippen LogP) is 2.67. The standard InChI is InChI=1S/C12H17ClN2O/c1-9(2)15-12(16)7-8-14-11-6-4-3-5-10(11)13/h3-6,9,14H,7-8H2,1-2H3,(H,15,16). The Balaban J connectivity index is 2.31. The Hall–Kier alpha value is -1.22. The van der Waals surface area contributed by atoms with E-state index >= 15 is 0 Å². The van der Waals surface area contributed by atoms with Gasteiger partial charge in [0.1, 0.15) is 0 Å². The van der Waals surface area contributed by atoms with Crippen LogP contribution in [0.2, 0.25) is 5.02 Å². The van der Waals surface area contributed by atoms with E-state index in [2.05, 4.69) is 10.6 Å². The molecule has 0 spiro atoms. The van der Waals surface area contributed by atoms with Crippen molar-refractivity contribution >= 4 is 23.2 Å². The molecule has 4 heteroatoms. The quantitative estimate of drug-likeness (QED) is 0.831. The molecule has 0 radical (unpaired) electrons. The lowest BCUT2D eigenvalue weighted by atomic mass is 10.3. The monoisotopic (exact) mass is 240 g/mol. The van der Waals surface area contributed by atoms with Crippen LogP contribution < -0.4 is 10.6 Å². The van der Waals surface area contributed by atoms with Crippen molar-refractivity contribution < 1.29 is 4.79 Å². The van der Waals surface area contributed by atoms with Crippen LogP contribution in [0.25, 0.3) is 0 Å². The van der Waals surface area contributed by atoms with Crippen LogP contribution in [0.5, 0.6) is 0 Å². The van der Waals surface area contributed by atoms with Gasteiger partial charge in [0.25, 0.3) is 0 Å². The lowest BCUT2D eigenvalue weighted by Crippen LogP contribution is -2.31. The molecule has 0 fully saturated rings. The minimum atomic E-state index is 0.0505. The summed E-state index contributed by atoms with van der Waals surface area (Å²) >= 11 is 5.96. The van der Waals surface area contributed by atoms with E-state index in [0.29, 0.717) is 18.0 Å². The molecule has 1 rings (SSSR count). The molecule has 0 aliphatic heterocycles. The van der Waals surface area contributed by atoms with Crippen molar-refractivity contribution in [3.05, 3.63) is 29.3 Å². The molecule has 1 amide bonds. The molecule has 0 heterocycles. The van der Waals surface area contributed by atoms with Gasteiger partial charge in [-0.25, -0.2) is 0 Å². The van der Waals surface area contributed by atoms with Gasteiger partial charge in [-0.2, -0.15) is 0 Å². The summed E-state index contributed by atoms with van der Waals surface area (Å²) < 4.78 is 0. The van der Waals surface area contributed by atoms with Crippen molar-refractivity contribution in [2.75, 3.05) is 11.9 Å². The van der Waals surface area contributed by atoms with E-state index in [-0.39, 0.29) is 11.9 Å². The number of hydrogen-bond acceptors (Lipinski definition) is 2. The van der Waals surface area contributed by atoms with Gasteiger partial charge in [0.2, 0.25) is 5.91 Å². The summed E-state index contributed by atoms with van der Waals surface area (Å²) in [5.74, 6) is 0.0505. The van der Waals surface area contributed by atoms with Gasteiger partial charge in [-0.1, -0.05) is 23.7 Å². The average molecular weight is 241 g/mol. The molecule has 0 saturated carbocycles. The number of benzene rings is 1. The molecule has 1 aromatic carbocycles. The Kier molecular flexibility index (Phi) is 5.12. The molecule has 2 N–H and O–H groups in total. The molecule has 0 aromatic heterocycles. The third-order valence-corrected chi connectivity index (χ3v) is 2.32. The topological polar surface area (TPSA) is 41.1 Å². The number of nitrogens with one attached hydrogen (secondary N) is 2. The van der Waals surface area contributed by atoms with Crippen molar-refractivity contribution in [2.45, 2.75) is 26.3 Å². The van der Waals surface area contributed by atoms with Crippen molar-refractivity contribution in [3.8, 4) is 0 Å². The molecule has 1 aromatic rings. The van der Waals surface area contributed by atoms with Gasteiger partial charge >= 0.3 is 0 Å². The van der Waals surface area contributed by atoms with Gasteiger partial charge in [-0.05, 0) is 26.0 Å². The van der Waals surface area contributed by atoms with Crippen LogP contribution in [-0.2, 0) is 4.79 Å². The van der Waals surface area contributed by atoms with E-state index in [1.54, 1.807) is 0 Å². The van der Waals surface area contributed by atoms with Gasteiger partial charge in [0.05, 0.1) is 10.7 Å². The first kappa shape index (κ1) is 12.8. The van der Waals surface area contributed by atoms with E-state index in [1.807, 2.05) is 38.1 Å². The molecule has 0 unspecified atom stereocenters. The second-order valence-corrected chi connectivity index (χ2v) is 4.29. The zero-order valence-corrected chi connectivity index (χ0v) is 10.3. The fourth-order valence-electron chi connectivity index (χ4n) is 1.31. The smallest absolute Gasteiger partial charge is 0.221 e. The molecule has 88 valence electrons. The van der Waals surface area contributed by atoms with Crippen LogP contribution in [0.4, 0.5) is 5.69 Å². The molecule has 0 bridgehead atoms. The van der Waals surface area contributed by atoms with Crippen LogP contribution in [-0.4, -0.2) is 18.5 Å². The first-order valence-electron chi connectivity index (χ1n) is 5.37. The predicted molar refractivity (Wildman–Crippen MR) is 67.8 cm³/mol. The van der Waals surface area contributed by atoms with Crippen LogP contribution >= 0.6 is 11.6 Å². The summed E-state index contributed by atoms with van der Waals surface area (Å²) in [4.78, 5) is 11.3. The van der Waals surface area contributed by atoms with Crippen molar-refractivity contribution in [1.29, 1.82) is 0 Å². The minimum Gasteiger partial charge on any atom is -0.383 e. The summed E-state index contributed by atoms with van der Waals surface area (Å²) in [7, 11) is 0. The highest BCUT2D eigenvalue weighted by Gasteiger charge is 2.03. The maximum Gasteiger partial charge on any atom is 0.221 e. The molecular formula is C12H17ClN2O. The summed E-state index contributed by atoms with van der Waals surface area (Å²) in [6.07, 6.45) is 0.448. The molecule has 0 saturated heterocycles. The minimum absolute atomic E-state index is 0.0505. The maximum absolute atomic E-state index is 11.3. The Morgan fingerprint density at radius 2 is 2.06 bits per heavy atom. The fraction of sp³-hybridized carbons (Fsp3) is 0.417. The zero-order valence-electron chi connectivity index (χ0n) is 9.59. The van der Waals surface area contributed by atoms with E-state index in [1.165, 1.54) is 0 Å².